The minimum absolute atomic E-state index is 0.218. The summed E-state index contributed by atoms with van der Waals surface area (Å²) in [5.41, 5.74) is 0. The SMILES string of the molecule is COc1coc([O])n1. The highest BCUT2D eigenvalue weighted by atomic mass is 16.5. The van der Waals surface area contributed by atoms with E-state index in [1.54, 1.807) is 0 Å². The molecule has 0 atom stereocenters. The van der Waals surface area contributed by atoms with Gasteiger partial charge in [0.25, 0.3) is 5.88 Å². The van der Waals surface area contributed by atoms with Crippen LogP contribution < -0.4 is 4.74 Å². The Morgan fingerprint density at radius 1 is 1.88 bits per heavy atom. The summed E-state index contributed by atoms with van der Waals surface area (Å²) in [6.07, 6.45) is 0.532. The lowest BCUT2D eigenvalue weighted by molar-refractivity contribution is 0.237. The average molecular weight is 114 g/mol. The molecular weight excluding hydrogens is 110 g/mol. The molecule has 0 saturated heterocycles. The molecule has 4 nitrogen and oxygen atoms in total. The highest BCUT2D eigenvalue weighted by Crippen LogP contribution is 2.13. The zero-order valence-electron chi connectivity index (χ0n) is 4.25. The van der Waals surface area contributed by atoms with Crippen molar-refractivity contribution in [3.8, 4) is 12.0 Å². The maximum Gasteiger partial charge on any atom is 0.442 e. The van der Waals surface area contributed by atoms with E-state index in [-0.39, 0.29) is 5.88 Å². The molecule has 0 N–H and O–H groups in total. The second-order valence-corrected chi connectivity index (χ2v) is 1.16. The molecule has 1 rings (SSSR count). The third-order valence-electron chi connectivity index (χ3n) is 0.671. The smallest absolute Gasteiger partial charge is 0.442 e. The summed E-state index contributed by atoms with van der Waals surface area (Å²) in [6, 6.07) is 0. The van der Waals surface area contributed by atoms with Crippen LogP contribution >= 0.6 is 0 Å². The van der Waals surface area contributed by atoms with Crippen molar-refractivity contribution in [1.29, 1.82) is 0 Å². The summed E-state index contributed by atoms with van der Waals surface area (Å²) in [4.78, 5) is 3.28. The number of hydrogen-bond donors (Lipinski definition) is 0. The summed E-state index contributed by atoms with van der Waals surface area (Å²) in [5.74, 6) is 0.218. The minimum Gasteiger partial charge on any atom is -0.479 e. The zero-order chi connectivity index (χ0) is 5.98. The fourth-order valence-corrected chi connectivity index (χ4v) is 0.337. The number of ether oxygens (including phenoxy) is 1. The molecule has 1 aromatic rings. The highest BCUT2D eigenvalue weighted by Gasteiger charge is 1.99. The van der Waals surface area contributed by atoms with Crippen LogP contribution in [0.5, 0.6) is 12.0 Å². The van der Waals surface area contributed by atoms with Gasteiger partial charge in [-0.3, -0.25) is 0 Å². The van der Waals surface area contributed by atoms with E-state index in [4.69, 9.17) is 0 Å². The number of aromatic nitrogens is 1. The largest absolute Gasteiger partial charge is 0.479 e. The summed E-state index contributed by atoms with van der Waals surface area (Å²) in [6.45, 7) is 0. The molecule has 4 heteroatoms. The Morgan fingerprint density at radius 3 is 2.88 bits per heavy atom. The molecule has 0 aromatic carbocycles. The Morgan fingerprint density at radius 2 is 2.62 bits per heavy atom. The second kappa shape index (κ2) is 1.73. The standard InChI is InChI=1S/C4H4NO3/c1-7-3-2-8-4(6)5-3/h2H,1H3. The van der Waals surface area contributed by atoms with Crippen molar-refractivity contribution in [3.05, 3.63) is 6.26 Å². The molecule has 1 aromatic heterocycles. The van der Waals surface area contributed by atoms with Gasteiger partial charge in [-0.1, -0.05) is 0 Å². The zero-order valence-corrected chi connectivity index (χ0v) is 4.25. The van der Waals surface area contributed by atoms with Gasteiger partial charge in [-0.25, -0.2) is 5.11 Å². The lowest BCUT2D eigenvalue weighted by atomic mass is 10.9. The van der Waals surface area contributed by atoms with Crippen molar-refractivity contribution in [2.45, 2.75) is 0 Å². The van der Waals surface area contributed by atoms with Gasteiger partial charge in [0.15, 0.2) is 6.26 Å². The topological polar surface area (TPSA) is 55.2 Å². The van der Waals surface area contributed by atoms with Crippen LogP contribution in [-0.4, -0.2) is 12.1 Å². The van der Waals surface area contributed by atoms with E-state index < -0.39 is 6.08 Å². The summed E-state index contributed by atoms with van der Waals surface area (Å²) in [5, 5.41) is 10.1. The maximum atomic E-state index is 10.1. The molecule has 0 aliphatic heterocycles. The predicted octanol–water partition coefficient (Wildman–Crippen LogP) is 0.827. The Balaban J connectivity index is 2.84. The number of nitrogens with zero attached hydrogens (tertiary/aromatic N) is 1. The van der Waals surface area contributed by atoms with E-state index in [1.165, 1.54) is 7.11 Å². The van der Waals surface area contributed by atoms with Crippen LogP contribution in [0.25, 0.3) is 0 Å². The van der Waals surface area contributed by atoms with Crippen LogP contribution in [0.15, 0.2) is 10.7 Å². The quantitative estimate of drug-likeness (QED) is 0.543. The monoisotopic (exact) mass is 114 g/mol. The lowest BCUT2D eigenvalue weighted by Crippen LogP contribution is -1.78. The van der Waals surface area contributed by atoms with Crippen LogP contribution in [0.3, 0.4) is 0 Å². The van der Waals surface area contributed by atoms with E-state index in [0.717, 1.165) is 6.26 Å². The van der Waals surface area contributed by atoms with Crippen molar-refractivity contribution >= 4 is 0 Å². The van der Waals surface area contributed by atoms with Crippen LogP contribution in [0.4, 0.5) is 0 Å². The number of rotatable bonds is 1. The molecule has 0 aliphatic carbocycles. The van der Waals surface area contributed by atoms with Gasteiger partial charge in [0.2, 0.25) is 0 Å². The van der Waals surface area contributed by atoms with Gasteiger partial charge in [0.05, 0.1) is 7.11 Å². The van der Waals surface area contributed by atoms with Crippen LogP contribution in [-0.2, 0) is 5.11 Å². The first-order valence-electron chi connectivity index (χ1n) is 1.99. The minimum atomic E-state index is -0.623. The normalized spacial score (nSPS) is 9.12. The van der Waals surface area contributed by atoms with Crippen LogP contribution in [0.2, 0.25) is 0 Å². The fraction of sp³-hybridized carbons (Fsp3) is 0.250. The van der Waals surface area contributed by atoms with Gasteiger partial charge in [-0.05, 0) is 0 Å². The van der Waals surface area contributed by atoms with Gasteiger partial charge in [-0.2, -0.15) is 0 Å². The first kappa shape index (κ1) is 4.96. The molecule has 43 valence electrons. The van der Waals surface area contributed by atoms with Crippen molar-refractivity contribution < 1.29 is 14.3 Å². The molecule has 1 radical (unpaired) electrons. The van der Waals surface area contributed by atoms with Crippen molar-refractivity contribution in [2.75, 3.05) is 7.11 Å². The Labute approximate surface area is 45.7 Å². The maximum absolute atomic E-state index is 10.1. The summed E-state index contributed by atoms with van der Waals surface area (Å²) >= 11 is 0. The molecule has 0 bridgehead atoms. The highest BCUT2D eigenvalue weighted by molar-refractivity contribution is 5.03. The number of methoxy groups -OCH3 is 1. The summed E-state index contributed by atoms with van der Waals surface area (Å²) < 4.78 is 8.79. The van der Waals surface area contributed by atoms with Crippen LogP contribution in [0, 0.1) is 0 Å². The molecule has 0 fully saturated rings. The van der Waals surface area contributed by atoms with E-state index >= 15 is 0 Å². The predicted molar refractivity (Wildman–Crippen MR) is 23.2 cm³/mol. The van der Waals surface area contributed by atoms with Crippen molar-refractivity contribution in [2.24, 2.45) is 0 Å². The molecule has 0 amide bonds. The van der Waals surface area contributed by atoms with Gasteiger partial charge in [0.1, 0.15) is 0 Å². The number of oxazole rings is 1. The first-order chi connectivity index (χ1) is 3.83. The lowest BCUT2D eigenvalue weighted by Gasteiger charge is -1.83. The molecule has 0 spiro atoms. The van der Waals surface area contributed by atoms with Crippen molar-refractivity contribution in [3.63, 3.8) is 0 Å². The van der Waals surface area contributed by atoms with Gasteiger partial charge in [-0.15, -0.1) is 4.98 Å². The third-order valence-corrected chi connectivity index (χ3v) is 0.671. The number of hydrogen-bond acceptors (Lipinski definition) is 3. The Kier molecular flexibility index (Phi) is 1.07. The Bertz CT molecular complexity index is 172. The van der Waals surface area contributed by atoms with E-state index in [9.17, 15) is 5.11 Å². The molecule has 1 heterocycles. The molecule has 8 heavy (non-hydrogen) atoms. The van der Waals surface area contributed by atoms with Gasteiger partial charge >= 0.3 is 6.08 Å². The molecule has 0 aliphatic rings. The van der Waals surface area contributed by atoms with E-state index in [1.807, 2.05) is 0 Å². The second-order valence-electron chi connectivity index (χ2n) is 1.16. The molecule has 0 unspecified atom stereocenters. The summed E-state index contributed by atoms with van der Waals surface area (Å²) in [7, 11) is 1.41. The fourth-order valence-electron chi connectivity index (χ4n) is 0.337. The third kappa shape index (κ3) is 0.726. The van der Waals surface area contributed by atoms with E-state index in [2.05, 4.69) is 14.1 Å². The van der Waals surface area contributed by atoms with Gasteiger partial charge < -0.3 is 9.15 Å². The van der Waals surface area contributed by atoms with Crippen molar-refractivity contribution in [1.82, 2.24) is 4.98 Å². The van der Waals surface area contributed by atoms with Gasteiger partial charge in [0, 0.05) is 0 Å². The van der Waals surface area contributed by atoms with E-state index in [0.29, 0.717) is 0 Å². The molecular formula is C4H4NO3. The molecule has 0 saturated carbocycles. The first-order valence-corrected chi connectivity index (χ1v) is 1.99. The Hall–Kier alpha value is -1.19. The average Bonchev–Trinajstić information content (AvgIpc) is 2.14. The van der Waals surface area contributed by atoms with Crippen LogP contribution in [0.1, 0.15) is 0 Å².